The number of hydrogen-bond donors (Lipinski definition) is 0. The summed E-state index contributed by atoms with van der Waals surface area (Å²) in [6, 6.07) is 0. The molecule has 0 aliphatic carbocycles. The Morgan fingerprint density at radius 3 is 2.22 bits per heavy atom. The highest BCUT2D eigenvalue weighted by molar-refractivity contribution is 4.87. The minimum atomic E-state index is 0.197. The summed E-state index contributed by atoms with van der Waals surface area (Å²) in [5.41, 5.74) is 0.197. The molecule has 0 N–H and O–H groups in total. The van der Waals surface area contributed by atoms with E-state index < -0.39 is 0 Å². The van der Waals surface area contributed by atoms with Gasteiger partial charge < -0.3 is 4.74 Å². The lowest BCUT2D eigenvalue weighted by molar-refractivity contribution is 0.390. The second-order valence-corrected chi connectivity index (χ2v) is 2.97. The van der Waals surface area contributed by atoms with E-state index in [1.165, 1.54) is 6.26 Å². The van der Waals surface area contributed by atoms with Gasteiger partial charge in [0.15, 0.2) is 0 Å². The minimum Gasteiger partial charge on any atom is -0.474 e. The molecule has 0 amide bonds. The van der Waals surface area contributed by atoms with Crippen LogP contribution in [0.5, 0.6) is 0 Å². The largest absolute Gasteiger partial charge is 0.474 e. The zero-order valence-corrected chi connectivity index (χ0v) is 6.35. The van der Waals surface area contributed by atoms with E-state index in [2.05, 4.69) is 27.4 Å². The van der Waals surface area contributed by atoms with Gasteiger partial charge in [-0.05, 0) is 11.5 Å². The van der Waals surface area contributed by atoms with E-state index in [1.54, 1.807) is 6.26 Å². The molecule has 0 aromatic rings. The Morgan fingerprint density at radius 1 is 1.33 bits per heavy atom. The van der Waals surface area contributed by atoms with Crippen molar-refractivity contribution in [2.75, 3.05) is 0 Å². The van der Waals surface area contributed by atoms with Gasteiger partial charge in [-0.3, -0.25) is 0 Å². The van der Waals surface area contributed by atoms with Crippen molar-refractivity contribution < 1.29 is 4.74 Å². The predicted octanol–water partition coefficient (Wildman–Crippen LogP) is 2.71. The maximum absolute atomic E-state index is 4.79. The van der Waals surface area contributed by atoms with Crippen molar-refractivity contribution in [2.45, 2.75) is 20.8 Å². The van der Waals surface area contributed by atoms with Crippen LogP contribution in [0.3, 0.4) is 0 Å². The van der Waals surface area contributed by atoms with Crippen molar-refractivity contribution in [2.24, 2.45) is 5.41 Å². The normalized spacial score (nSPS) is 11.9. The fraction of sp³-hybridized carbons (Fsp3) is 0.500. The molecule has 0 aromatic heterocycles. The van der Waals surface area contributed by atoms with E-state index in [0.29, 0.717) is 0 Å². The van der Waals surface area contributed by atoms with Crippen LogP contribution in [0.2, 0.25) is 0 Å². The molecule has 0 atom stereocenters. The molecule has 0 unspecified atom stereocenters. The lowest BCUT2D eigenvalue weighted by Gasteiger charge is -2.09. The lowest BCUT2D eigenvalue weighted by atomic mass is 9.97. The van der Waals surface area contributed by atoms with Gasteiger partial charge in [-0.15, -0.1) is 0 Å². The third-order valence-electron chi connectivity index (χ3n) is 0.743. The summed E-state index contributed by atoms with van der Waals surface area (Å²) >= 11 is 0. The van der Waals surface area contributed by atoms with Gasteiger partial charge in [-0.25, -0.2) is 0 Å². The third-order valence-corrected chi connectivity index (χ3v) is 0.743. The Labute approximate surface area is 57.0 Å². The Morgan fingerprint density at radius 2 is 1.89 bits per heavy atom. The average molecular weight is 126 g/mol. The van der Waals surface area contributed by atoms with Crippen molar-refractivity contribution in [1.29, 1.82) is 0 Å². The highest BCUT2D eigenvalue weighted by Crippen LogP contribution is 2.13. The molecule has 0 saturated carbocycles. The maximum atomic E-state index is 4.79. The molecule has 0 radical (unpaired) electrons. The van der Waals surface area contributed by atoms with E-state index in [-0.39, 0.29) is 5.41 Å². The van der Waals surface area contributed by atoms with Crippen LogP contribution in [0.1, 0.15) is 20.8 Å². The number of allylic oxidation sites excluding steroid dienone is 1. The Bertz CT molecular complexity index is 106. The molecule has 0 rings (SSSR count). The number of ether oxygens (including phenoxy) is 1. The topological polar surface area (TPSA) is 9.23 Å². The first-order valence-corrected chi connectivity index (χ1v) is 3.00. The Hall–Kier alpha value is -0.720. The van der Waals surface area contributed by atoms with Gasteiger partial charge in [0.2, 0.25) is 0 Å². The van der Waals surface area contributed by atoms with Crippen LogP contribution >= 0.6 is 0 Å². The molecule has 0 aromatic carbocycles. The van der Waals surface area contributed by atoms with Crippen LogP contribution < -0.4 is 0 Å². The molecule has 52 valence electrons. The summed E-state index contributed by atoms with van der Waals surface area (Å²) in [5.74, 6) is 0. The molecule has 0 fully saturated rings. The van der Waals surface area contributed by atoms with Gasteiger partial charge >= 0.3 is 0 Å². The van der Waals surface area contributed by atoms with E-state index in [1.807, 2.05) is 6.08 Å². The smallest absolute Gasteiger partial charge is 0.0866 e. The molecule has 9 heavy (non-hydrogen) atoms. The molecule has 0 heterocycles. The van der Waals surface area contributed by atoms with Crippen molar-refractivity contribution in [3.8, 4) is 0 Å². The summed E-state index contributed by atoms with van der Waals surface area (Å²) in [5, 5.41) is 0. The quantitative estimate of drug-likeness (QED) is 0.517. The minimum absolute atomic E-state index is 0.197. The monoisotopic (exact) mass is 126 g/mol. The van der Waals surface area contributed by atoms with Crippen LogP contribution in [0.4, 0.5) is 0 Å². The molecule has 0 saturated heterocycles. The van der Waals surface area contributed by atoms with Crippen LogP contribution in [-0.4, -0.2) is 0 Å². The molecule has 0 spiro atoms. The summed E-state index contributed by atoms with van der Waals surface area (Å²) in [7, 11) is 0. The summed E-state index contributed by atoms with van der Waals surface area (Å²) in [4.78, 5) is 0. The van der Waals surface area contributed by atoms with E-state index in [4.69, 9.17) is 4.74 Å². The molecule has 0 aliphatic heterocycles. The van der Waals surface area contributed by atoms with Crippen molar-refractivity contribution in [1.82, 2.24) is 0 Å². The average Bonchev–Trinajstić information content (AvgIpc) is 1.63. The predicted molar refractivity (Wildman–Crippen MR) is 39.9 cm³/mol. The van der Waals surface area contributed by atoms with Crippen LogP contribution in [0.15, 0.2) is 25.2 Å². The maximum Gasteiger partial charge on any atom is 0.0866 e. The van der Waals surface area contributed by atoms with Gasteiger partial charge in [-0.2, -0.15) is 0 Å². The first kappa shape index (κ1) is 8.28. The number of rotatable bonds is 2. The first-order valence-electron chi connectivity index (χ1n) is 3.00. The fourth-order valence-electron chi connectivity index (χ4n) is 0.299. The second-order valence-electron chi connectivity index (χ2n) is 2.97. The van der Waals surface area contributed by atoms with E-state index in [0.717, 1.165) is 0 Å². The zero-order chi connectivity index (χ0) is 7.33. The Kier molecular flexibility index (Phi) is 3.07. The molecule has 0 aliphatic rings. The standard InChI is InChI=1S/C8H14O/c1-5-9-7-6-8(2,3)4/h5-7H,1H2,2-4H3/b7-6+. The van der Waals surface area contributed by atoms with Gasteiger partial charge in [-0.1, -0.05) is 27.4 Å². The van der Waals surface area contributed by atoms with Crippen LogP contribution in [0, 0.1) is 5.41 Å². The lowest BCUT2D eigenvalue weighted by Crippen LogP contribution is -1.98. The van der Waals surface area contributed by atoms with Crippen molar-refractivity contribution in [3.63, 3.8) is 0 Å². The van der Waals surface area contributed by atoms with Crippen LogP contribution in [0.25, 0.3) is 0 Å². The van der Waals surface area contributed by atoms with E-state index in [9.17, 15) is 0 Å². The number of hydrogen-bond acceptors (Lipinski definition) is 1. The summed E-state index contributed by atoms with van der Waals surface area (Å²) in [6.45, 7) is 9.73. The summed E-state index contributed by atoms with van der Waals surface area (Å²) < 4.78 is 4.79. The van der Waals surface area contributed by atoms with Gasteiger partial charge in [0, 0.05) is 0 Å². The molecule has 0 bridgehead atoms. The third kappa shape index (κ3) is 7.28. The zero-order valence-electron chi connectivity index (χ0n) is 6.35. The summed E-state index contributed by atoms with van der Waals surface area (Å²) in [6.07, 6.45) is 5.03. The first-order chi connectivity index (χ1) is 4.06. The van der Waals surface area contributed by atoms with Crippen molar-refractivity contribution in [3.05, 3.63) is 25.2 Å². The molecule has 1 heteroatoms. The van der Waals surface area contributed by atoms with Gasteiger partial charge in [0.1, 0.15) is 0 Å². The highest BCUT2D eigenvalue weighted by Gasteiger charge is 2.02. The fourth-order valence-corrected chi connectivity index (χ4v) is 0.299. The molecular weight excluding hydrogens is 112 g/mol. The van der Waals surface area contributed by atoms with Crippen LogP contribution in [-0.2, 0) is 4.74 Å². The second kappa shape index (κ2) is 3.33. The SMILES string of the molecule is C=CO/C=C/C(C)(C)C. The Balaban J connectivity index is 3.57. The van der Waals surface area contributed by atoms with Gasteiger partial charge in [0.05, 0.1) is 12.5 Å². The highest BCUT2D eigenvalue weighted by atomic mass is 16.5. The van der Waals surface area contributed by atoms with Crippen molar-refractivity contribution >= 4 is 0 Å². The van der Waals surface area contributed by atoms with E-state index >= 15 is 0 Å². The molecular formula is C8H14O. The molecule has 1 nitrogen and oxygen atoms in total. The van der Waals surface area contributed by atoms with Gasteiger partial charge in [0.25, 0.3) is 0 Å².